The van der Waals surface area contributed by atoms with Crippen LogP contribution in [0.2, 0.25) is 0 Å². The third-order valence-electron chi connectivity index (χ3n) is 2.52. The SMILES string of the molecule is [2H]C([2H])([2H])[C@@]([2H])(N)C([2H])([2H])c1c2ccoc2c(Br)c2ccoc12. The molecule has 3 nitrogen and oxygen atoms in total. The summed E-state index contributed by atoms with van der Waals surface area (Å²) in [6.45, 7) is -3.04. The molecule has 0 fully saturated rings. The molecule has 17 heavy (non-hydrogen) atoms. The van der Waals surface area contributed by atoms with Gasteiger partial charge in [-0.15, -0.1) is 0 Å². The van der Waals surface area contributed by atoms with Gasteiger partial charge in [0.05, 0.1) is 17.0 Å². The van der Waals surface area contributed by atoms with Gasteiger partial charge in [-0.2, -0.15) is 0 Å². The lowest BCUT2D eigenvalue weighted by molar-refractivity contribution is 0.604. The van der Waals surface area contributed by atoms with Gasteiger partial charge in [-0.25, -0.2) is 0 Å². The second-order valence-corrected chi connectivity index (χ2v) is 4.35. The molecule has 0 aliphatic rings. The number of rotatable bonds is 2. The molecule has 88 valence electrons. The molecule has 1 atom stereocenters. The molecule has 0 amide bonds. The highest BCUT2D eigenvalue weighted by atomic mass is 79.9. The fraction of sp³-hybridized carbons (Fsp3) is 0.231. The van der Waals surface area contributed by atoms with E-state index in [4.69, 9.17) is 22.8 Å². The average Bonchev–Trinajstić information content (AvgIpc) is 3.05. The maximum absolute atomic E-state index is 8.31. The minimum absolute atomic E-state index is 0.113. The molecule has 3 aromatic rings. The molecule has 2 heterocycles. The Hall–Kier alpha value is -1.26. The number of hydrogen-bond donors (Lipinski definition) is 1. The zero-order chi connectivity index (χ0) is 17.2. The van der Waals surface area contributed by atoms with Crippen LogP contribution in [0.25, 0.3) is 21.9 Å². The molecular formula is C13H12BrNO2. The predicted molar refractivity (Wildman–Crippen MR) is 71.0 cm³/mol. The fourth-order valence-electron chi connectivity index (χ4n) is 1.86. The molecule has 0 spiro atoms. The van der Waals surface area contributed by atoms with Gasteiger partial charge in [-0.3, -0.25) is 0 Å². The van der Waals surface area contributed by atoms with Crippen molar-refractivity contribution in [3.63, 3.8) is 0 Å². The third kappa shape index (κ3) is 1.59. The van der Waals surface area contributed by atoms with E-state index in [2.05, 4.69) is 15.9 Å². The van der Waals surface area contributed by atoms with Crippen molar-refractivity contribution in [1.82, 2.24) is 0 Å². The highest BCUT2D eigenvalue weighted by molar-refractivity contribution is 9.10. The Morgan fingerprint density at radius 2 is 2.12 bits per heavy atom. The zero-order valence-electron chi connectivity index (χ0n) is 14.6. The Labute approximate surface area is 115 Å². The van der Waals surface area contributed by atoms with E-state index in [0.717, 1.165) is 0 Å². The van der Waals surface area contributed by atoms with Crippen molar-refractivity contribution in [2.75, 3.05) is 0 Å². The largest absolute Gasteiger partial charge is 0.464 e. The van der Waals surface area contributed by atoms with Gasteiger partial charge in [-0.05, 0) is 41.3 Å². The topological polar surface area (TPSA) is 52.3 Å². The van der Waals surface area contributed by atoms with E-state index in [1.54, 1.807) is 6.07 Å². The molecule has 0 bridgehead atoms. The van der Waals surface area contributed by atoms with Crippen LogP contribution in [0.5, 0.6) is 0 Å². The highest BCUT2D eigenvalue weighted by Crippen LogP contribution is 2.37. The zero-order valence-corrected chi connectivity index (χ0v) is 10.2. The van der Waals surface area contributed by atoms with E-state index in [0.29, 0.717) is 20.8 Å². The lowest BCUT2D eigenvalue weighted by Gasteiger charge is -2.08. The maximum atomic E-state index is 8.31. The van der Waals surface area contributed by atoms with E-state index < -0.39 is 19.2 Å². The van der Waals surface area contributed by atoms with Crippen LogP contribution in [0, 0.1) is 0 Å². The number of fused-ring (bicyclic) bond motifs is 2. The Morgan fingerprint density at radius 1 is 1.41 bits per heavy atom. The van der Waals surface area contributed by atoms with Gasteiger partial charge in [-0.1, -0.05) is 0 Å². The average molecular weight is 300 g/mol. The van der Waals surface area contributed by atoms with Crippen LogP contribution < -0.4 is 5.73 Å². The quantitative estimate of drug-likeness (QED) is 0.782. The van der Waals surface area contributed by atoms with Crippen molar-refractivity contribution in [3.8, 4) is 0 Å². The summed E-state index contributed by atoms with van der Waals surface area (Å²) in [6, 6.07) is 0.209. The third-order valence-corrected chi connectivity index (χ3v) is 3.31. The Balaban J connectivity index is 2.44. The molecule has 0 unspecified atom stereocenters. The summed E-state index contributed by atoms with van der Waals surface area (Å²) in [7, 11) is 0. The normalized spacial score (nSPS) is 22.2. The monoisotopic (exact) mass is 299 g/mol. The summed E-state index contributed by atoms with van der Waals surface area (Å²) in [4.78, 5) is 0. The van der Waals surface area contributed by atoms with Crippen molar-refractivity contribution in [3.05, 3.63) is 34.7 Å². The summed E-state index contributed by atoms with van der Waals surface area (Å²) >= 11 is 3.37. The van der Waals surface area contributed by atoms with E-state index in [9.17, 15) is 0 Å². The molecule has 0 saturated carbocycles. The molecule has 0 aliphatic heterocycles. The lowest BCUT2D eigenvalue weighted by atomic mass is 10.0. The van der Waals surface area contributed by atoms with Crippen LogP contribution in [0.4, 0.5) is 0 Å². The Bertz CT molecular complexity index is 843. The van der Waals surface area contributed by atoms with Crippen molar-refractivity contribution >= 4 is 37.9 Å². The summed E-state index contributed by atoms with van der Waals surface area (Å²) in [5.41, 5.74) is 5.95. The first-order valence-corrected chi connectivity index (χ1v) is 5.64. The molecule has 3 rings (SSSR count). The molecule has 2 N–H and O–H groups in total. The lowest BCUT2D eigenvalue weighted by Crippen LogP contribution is -2.18. The minimum atomic E-state index is -3.04. The first kappa shape index (κ1) is 6.07. The fourth-order valence-corrected chi connectivity index (χ4v) is 2.47. The Morgan fingerprint density at radius 3 is 2.88 bits per heavy atom. The number of hydrogen-bond acceptors (Lipinski definition) is 3. The van der Waals surface area contributed by atoms with Crippen molar-refractivity contribution < 1.29 is 17.1 Å². The second-order valence-electron chi connectivity index (χ2n) is 3.55. The van der Waals surface area contributed by atoms with E-state index in [-0.39, 0.29) is 11.1 Å². The number of furan rings is 2. The first-order chi connectivity index (χ1) is 10.5. The van der Waals surface area contributed by atoms with E-state index >= 15 is 0 Å². The van der Waals surface area contributed by atoms with Gasteiger partial charge in [0.1, 0.15) is 11.2 Å². The van der Waals surface area contributed by atoms with Gasteiger partial charge in [0.25, 0.3) is 0 Å². The van der Waals surface area contributed by atoms with Crippen LogP contribution >= 0.6 is 15.9 Å². The van der Waals surface area contributed by atoms with Gasteiger partial charge >= 0.3 is 0 Å². The number of benzene rings is 1. The number of nitrogens with two attached hydrogens (primary N) is 1. The smallest absolute Gasteiger partial charge is 0.149 e. The van der Waals surface area contributed by atoms with Crippen LogP contribution in [0.1, 0.15) is 20.6 Å². The van der Waals surface area contributed by atoms with Crippen LogP contribution in [0.15, 0.2) is 38.0 Å². The van der Waals surface area contributed by atoms with E-state index in [1.165, 1.54) is 18.6 Å². The second kappa shape index (κ2) is 3.89. The molecule has 1 aromatic carbocycles. The van der Waals surface area contributed by atoms with Gasteiger partial charge in [0, 0.05) is 30.6 Å². The van der Waals surface area contributed by atoms with Crippen molar-refractivity contribution in [2.45, 2.75) is 19.2 Å². The molecule has 0 saturated heterocycles. The summed E-state index contributed by atoms with van der Waals surface area (Å²) in [5.74, 6) is 0. The van der Waals surface area contributed by atoms with Crippen LogP contribution in [-0.2, 0) is 6.37 Å². The molecule has 0 aliphatic carbocycles. The van der Waals surface area contributed by atoms with Gasteiger partial charge < -0.3 is 14.6 Å². The summed E-state index contributed by atoms with van der Waals surface area (Å²) < 4.78 is 58.2. The molecule has 4 heteroatoms. The standard InChI is InChI=1S/C13H12BrNO2/c1-7(15)6-10-8-2-4-17-13(8)11(14)9-3-5-16-12(9)10/h2-5,7H,6,15H2,1H3/t7-/m1/s1/i1D3,6D2,7D. The van der Waals surface area contributed by atoms with Gasteiger partial charge in [0.15, 0.2) is 0 Å². The molecular weight excluding hydrogens is 282 g/mol. The van der Waals surface area contributed by atoms with E-state index in [1.807, 2.05) is 0 Å². The summed E-state index contributed by atoms with van der Waals surface area (Å²) in [6.07, 6.45) is -0.0199. The molecule has 2 aromatic heterocycles. The van der Waals surface area contributed by atoms with Crippen molar-refractivity contribution in [2.24, 2.45) is 5.73 Å². The summed E-state index contributed by atoms with van der Waals surface area (Å²) in [5, 5.41) is 0.809. The first-order valence-electron chi connectivity index (χ1n) is 7.85. The Kier molecular flexibility index (Phi) is 1.39. The van der Waals surface area contributed by atoms with Crippen LogP contribution in [0.3, 0.4) is 0 Å². The number of halogens is 1. The predicted octanol–water partition coefficient (Wildman–Crippen LogP) is 3.83. The van der Waals surface area contributed by atoms with Gasteiger partial charge in [0.2, 0.25) is 0 Å². The maximum Gasteiger partial charge on any atom is 0.149 e. The van der Waals surface area contributed by atoms with Crippen molar-refractivity contribution in [1.29, 1.82) is 0 Å². The highest BCUT2D eigenvalue weighted by Gasteiger charge is 2.17. The molecule has 0 radical (unpaired) electrons. The van der Waals surface area contributed by atoms with Crippen LogP contribution in [-0.4, -0.2) is 6.02 Å². The minimum Gasteiger partial charge on any atom is -0.464 e.